The Bertz CT molecular complexity index is 1060. The van der Waals surface area contributed by atoms with Crippen LogP contribution >= 0.6 is 15.9 Å². The molecule has 0 aromatic heterocycles. The topological polar surface area (TPSA) is 46.5 Å². The second-order valence-corrected chi connectivity index (χ2v) is 9.96. The van der Waals surface area contributed by atoms with Crippen molar-refractivity contribution in [1.82, 2.24) is 9.91 Å². The van der Waals surface area contributed by atoms with Crippen LogP contribution in [0, 0.1) is 0 Å². The Balaban J connectivity index is 1.39. The van der Waals surface area contributed by atoms with Crippen molar-refractivity contribution in [2.24, 2.45) is 5.10 Å². The van der Waals surface area contributed by atoms with Crippen LogP contribution in [0.1, 0.15) is 50.3 Å². The Morgan fingerprint density at radius 3 is 2.61 bits per heavy atom. The Morgan fingerprint density at radius 1 is 1.03 bits per heavy atom. The molecule has 1 atom stereocenters. The molecule has 1 fully saturated rings. The summed E-state index contributed by atoms with van der Waals surface area (Å²) in [5.41, 5.74) is 2.97. The van der Waals surface area contributed by atoms with Crippen LogP contribution in [0.15, 0.2) is 46.0 Å². The van der Waals surface area contributed by atoms with E-state index >= 15 is 0 Å². The fraction of sp³-hybridized carbons (Fsp3) is 0.458. The maximum atomic E-state index is 6.74. The summed E-state index contributed by atoms with van der Waals surface area (Å²) in [6.45, 7) is 6.84. The predicted molar refractivity (Wildman–Crippen MR) is 122 cm³/mol. The molecule has 6 rings (SSSR count). The van der Waals surface area contributed by atoms with Crippen molar-refractivity contribution < 1.29 is 14.2 Å². The summed E-state index contributed by atoms with van der Waals surface area (Å²) in [5, 5.41) is 7.44. The van der Waals surface area contributed by atoms with E-state index in [1.54, 1.807) is 0 Å². The third kappa shape index (κ3) is 3.12. The molecule has 1 saturated heterocycles. The largest absolute Gasteiger partial charge is 0.466 e. The van der Waals surface area contributed by atoms with Gasteiger partial charge >= 0.3 is 0 Å². The number of fused-ring (bicyclic) bond motifs is 5. The van der Waals surface area contributed by atoms with Crippen LogP contribution in [0.4, 0.5) is 0 Å². The van der Waals surface area contributed by atoms with Crippen LogP contribution < -0.4 is 14.2 Å². The molecule has 0 N–H and O–H groups in total. The molecule has 2 aromatic carbocycles. The van der Waals surface area contributed by atoms with E-state index in [2.05, 4.69) is 70.0 Å². The van der Waals surface area contributed by atoms with Gasteiger partial charge in [0.25, 0.3) is 0 Å². The van der Waals surface area contributed by atoms with Gasteiger partial charge in [-0.3, -0.25) is 0 Å². The fourth-order valence-electron chi connectivity index (χ4n) is 5.22. The molecule has 162 valence electrons. The second kappa shape index (κ2) is 7.14. The average molecular weight is 484 g/mol. The molecule has 6 nitrogen and oxygen atoms in total. The summed E-state index contributed by atoms with van der Waals surface area (Å²) in [7, 11) is 0. The first-order chi connectivity index (χ1) is 15.0. The van der Waals surface area contributed by atoms with Gasteiger partial charge in [-0.05, 0) is 50.2 Å². The number of halogens is 1. The Labute approximate surface area is 190 Å². The van der Waals surface area contributed by atoms with Crippen molar-refractivity contribution >= 4 is 21.6 Å². The summed E-state index contributed by atoms with van der Waals surface area (Å²) in [6.07, 6.45) is 2.73. The van der Waals surface area contributed by atoms with Crippen molar-refractivity contribution in [1.29, 1.82) is 0 Å². The molecular formula is C24H26BrN3O3. The summed E-state index contributed by atoms with van der Waals surface area (Å²) in [6, 6.07) is 13.2. The zero-order chi connectivity index (χ0) is 21.2. The number of piperidine rings is 1. The molecule has 0 unspecified atom stereocenters. The first-order valence-corrected chi connectivity index (χ1v) is 11.8. The molecule has 4 heterocycles. The van der Waals surface area contributed by atoms with E-state index in [4.69, 9.17) is 19.3 Å². The van der Waals surface area contributed by atoms with Crippen molar-refractivity contribution in [2.75, 3.05) is 19.9 Å². The number of benzene rings is 2. The highest BCUT2D eigenvalue weighted by atomic mass is 79.9. The molecule has 31 heavy (non-hydrogen) atoms. The SMILES string of the molecule is CC(C)N1CCC2(CC1)Oc1ccc(Br)cc1[C@H]1CC(c3ccc4c(c3)OCO4)=NN12. The lowest BCUT2D eigenvalue weighted by Gasteiger charge is -2.51. The minimum Gasteiger partial charge on any atom is -0.466 e. The lowest BCUT2D eigenvalue weighted by molar-refractivity contribution is -0.152. The van der Waals surface area contributed by atoms with Crippen molar-refractivity contribution in [3.63, 3.8) is 0 Å². The van der Waals surface area contributed by atoms with Gasteiger partial charge in [0.05, 0.1) is 11.8 Å². The number of likely N-dealkylation sites (tertiary alicyclic amines) is 1. The molecule has 4 aliphatic heterocycles. The van der Waals surface area contributed by atoms with Crippen LogP contribution in [-0.4, -0.2) is 47.3 Å². The van der Waals surface area contributed by atoms with Gasteiger partial charge in [0.1, 0.15) is 5.75 Å². The van der Waals surface area contributed by atoms with Gasteiger partial charge < -0.3 is 19.1 Å². The summed E-state index contributed by atoms with van der Waals surface area (Å²) in [5.74, 6) is 2.59. The van der Waals surface area contributed by atoms with Gasteiger partial charge in [-0.1, -0.05) is 15.9 Å². The van der Waals surface area contributed by atoms with E-state index in [1.807, 2.05) is 6.07 Å². The molecule has 7 heteroatoms. The molecule has 4 aliphatic rings. The molecule has 0 amide bonds. The minimum absolute atomic E-state index is 0.173. The van der Waals surface area contributed by atoms with E-state index in [-0.39, 0.29) is 12.8 Å². The van der Waals surface area contributed by atoms with Gasteiger partial charge in [0, 0.05) is 54.0 Å². The smallest absolute Gasteiger partial charge is 0.231 e. The first kappa shape index (κ1) is 19.4. The third-order valence-corrected chi connectivity index (χ3v) is 7.47. The molecule has 2 aromatic rings. The summed E-state index contributed by atoms with van der Waals surface area (Å²) >= 11 is 3.64. The normalized spacial score (nSPS) is 23.5. The molecular weight excluding hydrogens is 458 g/mol. The van der Waals surface area contributed by atoms with Gasteiger partial charge in [-0.2, -0.15) is 5.10 Å². The zero-order valence-corrected chi connectivity index (χ0v) is 19.4. The molecule has 0 saturated carbocycles. The highest BCUT2D eigenvalue weighted by Crippen LogP contribution is 2.51. The molecule has 0 radical (unpaired) electrons. The Morgan fingerprint density at radius 2 is 1.81 bits per heavy atom. The number of ether oxygens (including phenoxy) is 3. The summed E-state index contributed by atoms with van der Waals surface area (Å²) in [4.78, 5) is 2.53. The van der Waals surface area contributed by atoms with E-state index in [9.17, 15) is 0 Å². The van der Waals surface area contributed by atoms with Crippen molar-refractivity contribution in [3.05, 3.63) is 52.0 Å². The van der Waals surface area contributed by atoms with Gasteiger partial charge in [0.2, 0.25) is 12.5 Å². The fourth-order valence-corrected chi connectivity index (χ4v) is 5.60. The number of hydrogen-bond donors (Lipinski definition) is 0. The lowest BCUT2D eigenvalue weighted by Crippen LogP contribution is -2.59. The average Bonchev–Trinajstić information content (AvgIpc) is 3.42. The Kier molecular flexibility index (Phi) is 4.47. The Hall–Kier alpha value is -2.25. The number of hydrazone groups is 1. The molecule has 0 aliphatic carbocycles. The monoisotopic (exact) mass is 483 g/mol. The van der Waals surface area contributed by atoms with Crippen molar-refractivity contribution in [2.45, 2.75) is 50.9 Å². The van der Waals surface area contributed by atoms with Crippen LogP contribution in [-0.2, 0) is 0 Å². The highest BCUT2D eigenvalue weighted by Gasteiger charge is 2.52. The zero-order valence-electron chi connectivity index (χ0n) is 17.8. The quantitative estimate of drug-likeness (QED) is 0.606. The molecule has 1 spiro atoms. The number of hydrogen-bond acceptors (Lipinski definition) is 6. The van der Waals surface area contributed by atoms with E-state index in [0.29, 0.717) is 6.04 Å². The third-order valence-electron chi connectivity index (χ3n) is 6.97. The van der Waals surface area contributed by atoms with Crippen LogP contribution in [0.3, 0.4) is 0 Å². The van der Waals surface area contributed by atoms with Crippen molar-refractivity contribution in [3.8, 4) is 17.2 Å². The number of rotatable bonds is 2. The highest BCUT2D eigenvalue weighted by molar-refractivity contribution is 9.10. The van der Waals surface area contributed by atoms with Crippen LogP contribution in [0.2, 0.25) is 0 Å². The second-order valence-electron chi connectivity index (χ2n) is 9.04. The van der Waals surface area contributed by atoms with E-state index in [1.165, 1.54) is 5.56 Å². The van der Waals surface area contributed by atoms with Gasteiger partial charge in [0.15, 0.2) is 11.5 Å². The van der Waals surface area contributed by atoms with E-state index < -0.39 is 5.72 Å². The first-order valence-electron chi connectivity index (χ1n) is 11.0. The minimum atomic E-state index is -0.394. The molecule has 0 bridgehead atoms. The van der Waals surface area contributed by atoms with E-state index in [0.717, 1.165) is 65.3 Å². The lowest BCUT2D eigenvalue weighted by atomic mass is 9.90. The van der Waals surface area contributed by atoms with Gasteiger partial charge in [-0.15, -0.1) is 0 Å². The predicted octanol–water partition coefficient (Wildman–Crippen LogP) is 4.92. The maximum Gasteiger partial charge on any atom is 0.231 e. The maximum absolute atomic E-state index is 6.74. The van der Waals surface area contributed by atoms with Gasteiger partial charge in [-0.25, -0.2) is 5.01 Å². The summed E-state index contributed by atoms with van der Waals surface area (Å²) < 4.78 is 18.9. The standard InChI is InChI=1S/C24H26BrN3O3/c1-15(2)27-9-7-24(8-10-27)28-20(18-12-17(25)4-6-21(18)31-24)13-19(26-28)16-3-5-22-23(11-16)30-14-29-22/h3-6,11-12,15,20H,7-10,13-14H2,1-2H3/t20-/m1/s1. The number of nitrogens with zero attached hydrogens (tertiary/aromatic N) is 3. The van der Waals surface area contributed by atoms with Crippen LogP contribution in [0.25, 0.3) is 0 Å². The van der Waals surface area contributed by atoms with Crippen LogP contribution in [0.5, 0.6) is 17.2 Å².